The summed E-state index contributed by atoms with van der Waals surface area (Å²) in [4.78, 5) is 32.5. The molecule has 1 aliphatic rings. The maximum absolute atomic E-state index is 13.1. The van der Waals surface area contributed by atoms with Crippen LogP contribution in [0.15, 0.2) is 36.5 Å². The van der Waals surface area contributed by atoms with Crippen molar-refractivity contribution < 1.29 is 14.7 Å². The van der Waals surface area contributed by atoms with Gasteiger partial charge in [0, 0.05) is 37.1 Å². The second-order valence-electron chi connectivity index (χ2n) is 7.14. The number of piperidine rings is 1. The van der Waals surface area contributed by atoms with E-state index in [0.717, 1.165) is 17.3 Å². The number of hydrogen-bond acceptors (Lipinski definition) is 4. The third kappa shape index (κ3) is 3.85. The number of carbonyl (C=O) groups excluding carboxylic acids is 1. The van der Waals surface area contributed by atoms with Gasteiger partial charge in [-0.2, -0.15) is 0 Å². The first-order valence-electron chi connectivity index (χ1n) is 8.98. The molecule has 1 saturated heterocycles. The molecule has 2 aromatic rings. The number of para-hydroxylation sites is 1. The van der Waals surface area contributed by atoms with Gasteiger partial charge in [0.15, 0.2) is 0 Å². The molecule has 0 spiro atoms. The van der Waals surface area contributed by atoms with Crippen molar-refractivity contribution in [1.82, 2.24) is 14.8 Å². The van der Waals surface area contributed by atoms with Crippen molar-refractivity contribution in [3.63, 3.8) is 0 Å². The fourth-order valence-electron chi connectivity index (χ4n) is 3.93. The van der Waals surface area contributed by atoms with Crippen LogP contribution in [-0.2, 0) is 4.79 Å². The Balaban J connectivity index is 1.82. The number of aromatic nitrogens is 1. The van der Waals surface area contributed by atoms with E-state index in [1.165, 1.54) is 0 Å². The standard InChI is InChI=1S/C20H25N3O3/c1-22(2)18-10-12-23(13-14(18)7-8-19(24)25)20(26)16-9-11-21-17-6-4-3-5-15(16)17/h3-6,9,11,14,18H,7-8,10,12-13H2,1-2H3,(H,24,25). The van der Waals surface area contributed by atoms with E-state index in [2.05, 4.69) is 9.88 Å². The maximum atomic E-state index is 13.1. The number of likely N-dealkylation sites (tertiary alicyclic amines) is 1. The summed E-state index contributed by atoms with van der Waals surface area (Å²) in [6, 6.07) is 9.72. The summed E-state index contributed by atoms with van der Waals surface area (Å²) in [5.74, 6) is -0.626. The van der Waals surface area contributed by atoms with Crippen LogP contribution in [0.4, 0.5) is 0 Å². The molecule has 1 aromatic heterocycles. The first-order chi connectivity index (χ1) is 12.5. The van der Waals surface area contributed by atoms with Gasteiger partial charge in [-0.1, -0.05) is 18.2 Å². The van der Waals surface area contributed by atoms with E-state index >= 15 is 0 Å². The van der Waals surface area contributed by atoms with Crippen LogP contribution in [0, 0.1) is 5.92 Å². The summed E-state index contributed by atoms with van der Waals surface area (Å²) >= 11 is 0. The summed E-state index contributed by atoms with van der Waals surface area (Å²) in [5.41, 5.74) is 1.47. The lowest BCUT2D eigenvalue weighted by molar-refractivity contribution is -0.137. The molecule has 0 saturated carbocycles. The lowest BCUT2D eigenvalue weighted by Gasteiger charge is -2.41. The van der Waals surface area contributed by atoms with E-state index in [0.29, 0.717) is 31.1 Å². The van der Waals surface area contributed by atoms with Crippen molar-refractivity contribution in [2.75, 3.05) is 27.2 Å². The predicted molar refractivity (Wildman–Crippen MR) is 100 cm³/mol. The molecule has 0 bridgehead atoms. The van der Waals surface area contributed by atoms with Crippen molar-refractivity contribution in [2.24, 2.45) is 5.92 Å². The SMILES string of the molecule is CN(C)C1CCN(C(=O)c2ccnc3ccccc23)CC1CCC(=O)O. The molecule has 1 aliphatic heterocycles. The second-order valence-corrected chi connectivity index (χ2v) is 7.14. The summed E-state index contributed by atoms with van der Waals surface area (Å²) in [7, 11) is 4.04. The van der Waals surface area contributed by atoms with Crippen molar-refractivity contribution in [3.8, 4) is 0 Å². The highest BCUT2D eigenvalue weighted by Gasteiger charge is 2.33. The Labute approximate surface area is 153 Å². The summed E-state index contributed by atoms with van der Waals surface area (Å²) in [5, 5.41) is 9.90. The van der Waals surface area contributed by atoms with Gasteiger partial charge in [0.25, 0.3) is 5.91 Å². The molecule has 0 aliphatic carbocycles. The number of aliphatic carboxylic acids is 1. The van der Waals surface area contributed by atoms with E-state index in [4.69, 9.17) is 5.11 Å². The largest absolute Gasteiger partial charge is 0.481 e. The Kier molecular flexibility index (Phi) is 5.52. The highest BCUT2D eigenvalue weighted by atomic mass is 16.4. The number of carboxylic acid groups (broad SMARTS) is 1. The number of benzene rings is 1. The summed E-state index contributed by atoms with van der Waals surface area (Å²) in [6.07, 6.45) is 3.24. The molecule has 3 rings (SSSR count). The Morgan fingerprint density at radius 2 is 2.04 bits per heavy atom. The van der Waals surface area contributed by atoms with Crippen LogP contribution < -0.4 is 0 Å². The molecule has 2 atom stereocenters. The number of fused-ring (bicyclic) bond motifs is 1. The van der Waals surface area contributed by atoms with Gasteiger partial charge in [-0.15, -0.1) is 0 Å². The van der Waals surface area contributed by atoms with Crippen molar-refractivity contribution in [1.29, 1.82) is 0 Å². The molecular weight excluding hydrogens is 330 g/mol. The first kappa shape index (κ1) is 18.3. The number of nitrogens with zero attached hydrogens (tertiary/aromatic N) is 3. The van der Waals surface area contributed by atoms with Crippen molar-refractivity contribution in [2.45, 2.75) is 25.3 Å². The van der Waals surface area contributed by atoms with E-state index in [1.54, 1.807) is 12.3 Å². The molecule has 6 heteroatoms. The Morgan fingerprint density at radius 1 is 1.27 bits per heavy atom. The van der Waals surface area contributed by atoms with Crippen molar-refractivity contribution >= 4 is 22.8 Å². The number of hydrogen-bond donors (Lipinski definition) is 1. The van der Waals surface area contributed by atoms with Gasteiger partial charge in [0.1, 0.15) is 0 Å². The Morgan fingerprint density at radius 3 is 2.77 bits per heavy atom. The minimum atomic E-state index is -0.786. The zero-order valence-corrected chi connectivity index (χ0v) is 15.3. The normalized spacial score (nSPS) is 20.5. The summed E-state index contributed by atoms with van der Waals surface area (Å²) in [6.45, 7) is 1.27. The molecule has 26 heavy (non-hydrogen) atoms. The topological polar surface area (TPSA) is 73.7 Å². The van der Waals surface area contributed by atoms with Crippen LogP contribution >= 0.6 is 0 Å². The van der Waals surface area contributed by atoms with Gasteiger partial charge in [0.2, 0.25) is 0 Å². The molecule has 0 radical (unpaired) electrons. The van der Waals surface area contributed by atoms with E-state index < -0.39 is 5.97 Å². The molecule has 138 valence electrons. The minimum Gasteiger partial charge on any atom is -0.481 e. The third-order valence-electron chi connectivity index (χ3n) is 5.25. The fraction of sp³-hybridized carbons (Fsp3) is 0.450. The molecule has 2 heterocycles. The van der Waals surface area contributed by atoms with Gasteiger partial charge in [0.05, 0.1) is 11.1 Å². The average Bonchev–Trinajstić information content (AvgIpc) is 2.65. The van der Waals surface area contributed by atoms with Gasteiger partial charge >= 0.3 is 5.97 Å². The molecule has 1 amide bonds. The molecule has 2 unspecified atom stereocenters. The molecule has 6 nitrogen and oxygen atoms in total. The van der Waals surface area contributed by atoms with Crippen molar-refractivity contribution in [3.05, 3.63) is 42.1 Å². The fourth-order valence-corrected chi connectivity index (χ4v) is 3.93. The quantitative estimate of drug-likeness (QED) is 0.892. The first-order valence-corrected chi connectivity index (χ1v) is 8.98. The third-order valence-corrected chi connectivity index (χ3v) is 5.25. The minimum absolute atomic E-state index is 0.00105. The smallest absolute Gasteiger partial charge is 0.303 e. The van der Waals surface area contributed by atoms with E-state index in [9.17, 15) is 9.59 Å². The molecule has 1 aromatic carbocycles. The lowest BCUT2D eigenvalue weighted by atomic mass is 9.87. The number of carboxylic acids is 1. The van der Waals surface area contributed by atoms with Gasteiger partial charge in [-0.3, -0.25) is 14.6 Å². The van der Waals surface area contributed by atoms with Crippen LogP contribution in [0.5, 0.6) is 0 Å². The number of carbonyl (C=O) groups is 2. The zero-order chi connectivity index (χ0) is 18.7. The van der Waals surface area contributed by atoms with Crippen LogP contribution in [0.1, 0.15) is 29.6 Å². The van der Waals surface area contributed by atoms with Crippen LogP contribution in [0.25, 0.3) is 10.9 Å². The monoisotopic (exact) mass is 355 g/mol. The second kappa shape index (κ2) is 7.83. The maximum Gasteiger partial charge on any atom is 0.303 e. The van der Waals surface area contributed by atoms with E-state index in [-0.39, 0.29) is 18.2 Å². The lowest BCUT2D eigenvalue weighted by Crippen LogP contribution is -2.50. The molecule has 1 fully saturated rings. The Hall–Kier alpha value is -2.47. The zero-order valence-electron chi connectivity index (χ0n) is 15.3. The number of amides is 1. The highest BCUT2D eigenvalue weighted by molar-refractivity contribution is 6.06. The van der Waals surface area contributed by atoms with Crippen LogP contribution in [0.3, 0.4) is 0 Å². The molecular formula is C20H25N3O3. The summed E-state index contributed by atoms with van der Waals surface area (Å²) < 4.78 is 0. The highest BCUT2D eigenvalue weighted by Crippen LogP contribution is 2.27. The predicted octanol–water partition coefficient (Wildman–Crippen LogP) is 2.49. The molecule has 1 N–H and O–H groups in total. The average molecular weight is 355 g/mol. The van der Waals surface area contributed by atoms with Crippen LogP contribution in [-0.4, -0.2) is 65.0 Å². The van der Waals surface area contributed by atoms with Gasteiger partial charge in [-0.25, -0.2) is 0 Å². The number of rotatable bonds is 5. The Bertz CT molecular complexity index is 800. The van der Waals surface area contributed by atoms with Crippen LogP contribution in [0.2, 0.25) is 0 Å². The van der Waals surface area contributed by atoms with Gasteiger partial charge < -0.3 is 14.9 Å². The number of pyridine rings is 1. The van der Waals surface area contributed by atoms with Gasteiger partial charge in [-0.05, 0) is 45.0 Å². The van der Waals surface area contributed by atoms with E-state index in [1.807, 2.05) is 43.3 Å².